The summed E-state index contributed by atoms with van der Waals surface area (Å²) >= 11 is 0. The van der Waals surface area contributed by atoms with Gasteiger partial charge in [0.2, 0.25) is 0 Å². The Balaban J connectivity index is 3.14. The molecule has 0 aliphatic rings. The molecule has 1 unspecified atom stereocenters. The predicted molar refractivity (Wildman–Crippen MR) is 62.4 cm³/mol. The van der Waals surface area contributed by atoms with Crippen LogP contribution in [0.1, 0.15) is 31.9 Å². The van der Waals surface area contributed by atoms with Crippen molar-refractivity contribution in [1.82, 2.24) is 4.57 Å². The largest absolute Gasteiger partial charge is 0.478 e. The van der Waals surface area contributed by atoms with E-state index in [4.69, 9.17) is 5.11 Å². The van der Waals surface area contributed by atoms with Crippen molar-refractivity contribution < 1.29 is 9.90 Å². The first-order valence-corrected chi connectivity index (χ1v) is 5.18. The van der Waals surface area contributed by atoms with Gasteiger partial charge < -0.3 is 9.67 Å². The van der Waals surface area contributed by atoms with Crippen molar-refractivity contribution in [3.8, 4) is 0 Å². The molecular weight excluding hydrogens is 206 g/mol. The van der Waals surface area contributed by atoms with Crippen molar-refractivity contribution >= 4 is 12.0 Å². The van der Waals surface area contributed by atoms with E-state index in [2.05, 4.69) is 0 Å². The number of carbonyl (C=O) groups is 1. The van der Waals surface area contributed by atoms with E-state index in [0.29, 0.717) is 5.56 Å². The van der Waals surface area contributed by atoms with Gasteiger partial charge in [0.15, 0.2) is 0 Å². The van der Waals surface area contributed by atoms with Gasteiger partial charge >= 0.3 is 5.97 Å². The third kappa shape index (κ3) is 2.82. The molecule has 0 amide bonds. The van der Waals surface area contributed by atoms with Crippen LogP contribution in [0, 0.1) is 0 Å². The number of aromatic nitrogens is 1. The Morgan fingerprint density at radius 2 is 2.31 bits per heavy atom. The van der Waals surface area contributed by atoms with E-state index in [1.54, 1.807) is 22.9 Å². The normalized spacial score (nSPS) is 12.9. The predicted octanol–water partition coefficient (Wildman–Crippen LogP) is 1.92. The van der Waals surface area contributed by atoms with Crippen LogP contribution >= 0.6 is 0 Å². The van der Waals surface area contributed by atoms with Gasteiger partial charge in [0.1, 0.15) is 0 Å². The minimum Gasteiger partial charge on any atom is -0.478 e. The van der Waals surface area contributed by atoms with Crippen molar-refractivity contribution in [2.24, 2.45) is 0 Å². The summed E-state index contributed by atoms with van der Waals surface area (Å²) in [5.41, 5.74) is 0.236. The summed E-state index contributed by atoms with van der Waals surface area (Å²) in [4.78, 5) is 22.3. The van der Waals surface area contributed by atoms with Gasteiger partial charge in [-0.15, -0.1) is 0 Å². The molecule has 0 aromatic carbocycles. The smallest absolute Gasteiger partial charge is 0.328 e. The number of carboxylic acid groups (broad SMARTS) is 1. The summed E-state index contributed by atoms with van der Waals surface area (Å²) in [5, 5.41) is 8.49. The van der Waals surface area contributed by atoms with E-state index in [0.717, 1.165) is 12.5 Å². The van der Waals surface area contributed by atoms with Crippen LogP contribution in [0.4, 0.5) is 0 Å². The Hall–Kier alpha value is -1.84. The fraction of sp³-hybridized carbons (Fsp3) is 0.333. The van der Waals surface area contributed by atoms with Gasteiger partial charge in [0.25, 0.3) is 5.56 Å². The molecule has 1 aromatic heterocycles. The summed E-state index contributed by atoms with van der Waals surface area (Å²) in [7, 11) is 0. The van der Waals surface area contributed by atoms with E-state index in [1.165, 1.54) is 6.08 Å². The van der Waals surface area contributed by atoms with Gasteiger partial charge in [-0.25, -0.2) is 4.79 Å². The zero-order valence-electron chi connectivity index (χ0n) is 9.38. The van der Waals surface area contributed by atoms with E-state index < -0.39 is 5.97 Å². The molecule has 4 nitrogen and oxygen atoms in total. The number of aliphatic carboxylic acids is 1. The van der Waals surface area contributed by atoms with Crippen LogP contribution in [0.15, 0.2) is 29.2 Å². The van der Waals surface area contributed by atoms with E-state index in [-0.39, 0.29) is 11.6 Å². The Morgan fingerprint density at radius 3 is 2.88 bits per heavy atom. The number of hydrogen-bond donors (Lipinski definition) is 1. The first kappa shape index (κ1) is 12.2. The molecule has 86 valence electrons. The molecule has 1 N–H and O–H groups in total. The molecule has 0 radical (unpaired) electrons. The van der Waals surface area contributed by atoms with Crippen LogP contribution in [0.2, 0.25) is 0 Å². The van der Waals surface area contributed by atoms with Gasteiger partial charge in [-0.3, -0.25) is 4.79 Å². The minimum atomic E-state index is -1.06. The second-order valence-electron chi connectivity index (χ2n) is 3.60. The summed E-state index contributed by atoms with van der Waals surface area (Å²) < 4.78 is 1.61. The van der Waals surface area contributed by atoms with Crippen LogP contribution in [0.5, 0.6) is 0 Å². The van der Waals surface area contributed by atoms with Crippen molar-refractivity contribution in [3.05, 3.63) is 40.3 Å². The van der Waals surface area contributed by atoms with E-state index >= 15 is 0 Å². The Bertz CT molecular complexity index is 460. The molecule has 1 heterocycles. The number of hydrogen-bond acceptors (Lipinski definition) is 2. The highest BCUT2D eigenvalue weighted by Crippen LogP contribution is 2.07. The van der Waals surface area contributed by atoms with Crippen molar-refractivity contribution in [2.45, 2.75) is 26.3 Å². The summed E-state index contributed by atoms with van der Waals surface area (Å²) in [6, 6.07) is 3.47. The SMILES string of the molecule is CCC(C)n1cccc(/C=C/C(=O)O)c1=O. The van der Waals surface area contributed by atoms with E-state index in [9.17, 15) is 9.59 Å². The van der Waals surface area contributed by atoms with Gasteiger partial charge in [-0.2, -0.15) is 0 Å². The molecule has 0 saturated heterocycles. The molecule has 1 atom stereocenters. The van der Waals surface area contributed by atoms with Gasteiger partial charge in [0.05, 0.1) is 0 Å². The third-order valence-corrected chi connectivity index (χ3v) is 2.48. The molecule has 4 heteroatoms. The maximum absolute atomic E-state index is 11.9. The zero-order chi connectivity index (χ0) is 12.1. The molecule has 0 saturated carbocycles. The van der Waals surface area contributed by atoms with Crippen LogP contribution in [0.25, 0.3) is 6.08 Å². The second kappa shape index (κ2) is 5.30. The number of nitrogens with zero attached hydrogens (tertiary/aromatic N) is 1. The van der Waals surface area contributed by atoms with Crippen molar-refractivity contribution in [3.63, 3.8) is 0 Å². The molecule has 0 aliphatic carbocycles. The average molecular weight is 221 g/mol. The molecule has 0 spiro atoms. The van der Waals surface area contributed by atoms with Crippen LogP contribution < -0.4 is 5.56 Å². The summed E-state index contributed by atoms with van der Waals surface area (Å²) in [6.07, 6.45) is 4.86. The number of rotatable bonds is 4. The molecule has 0 fully saturated rings. The second-order valence-corrected chi connectivity index (χ2v) is 3.60. The minimum absolute atomic E-state index is 0.116. The highest BCUT2D eigenvalue weighted by atomic mass is 16.4. The lowest BCUT2D eigenvalue weighted by molar-refractivity contribution is -0.131. The highest BCUT2D eigenvalue weighted by Gasteiger charge is 2.05. The molecule has 16 heavy (non-hydrogen) atoms. The first-order valence-electron chi connectivity index (χ1n) is 5.18. The monoisotopic (exact) mass is 221 g/mol. The molecule has 1 aromatic rings. The number of carboxylic acids is 1. The topological polar surface area (TPSA) is 59.3 Å². The first-order chi connectivity index (χ1) is 7.56. The average Bonchev–Trinajstić information content (AvgIpc) is 2.26. The van der Waals surface area contributed by atoms with E-state index in [1.807, 2.05) is 13.8 Å². The Labute approximate surface area is 93.8 Å². The van der Waals surface area contributed by atoms with Gasteiger partial charge in [-0.1, -0.05) is 6.92 Å². The summed E-state index contributed by atoms with van der Waals surface area (Å²) in [6.45, 7) is 3.95. The van der Waals surface area contributed by atoms with Crippen LogP contribution in [0.3, 0.4) is 0 Å². The van der Waals surface area contributed by atoms with Crippen LogP contribution in [-0.4, -0.2) is 15.6 Å². The van der Waals surface area contributed by atoms with Crippen molar-refractivity contribution in [2.75, 3.05) is 0 Å². The molecule has 0 bridgehead atoms. The number of pyridine rings is 1. The van der Waals surface area contributed by atoms with Gasteiger partial charge in [-0.05, 0) is 31.6 Å². The maximum atomic E-state index is 11.9. The zero-order valence-corrected chi connectivity index (χ0v) is 9.38. The van der Waals surface area contributed by atoms with Gasteiger partial charge in [0, 0.05) is 23.9 Å². The lowest BCUT2D eigenvalue weighted by Gasteiger charge is -2.12. The fourth-order valence-electron chi connectivity index (χ4n) is 1.36. The lowest BCUT2D eigenvalue weighted by Crippen LogP contribution is -2.23. The highest BCUT2D eigenvalue weighted by molar-refractivity contribution is 5.85. The standard InChI is InChI=1S/C12H15NO3/c1-3-9(2)13-8-4-5-10(12(13)16)6-7-11(14)15/h4-9H,3H2,1-2H3,(H,14,15)/b7-6+. The maximum Gasteiger partial charge on any atom is 0.328 e. The lowest BCUT2D eigenvalue weighted by atomic mass is 10.2. The quantitative estimate of drug-likeness (QED) is 0.790. The fourth-order valence-corrected chi connectivity index (χ4v) is 1.36. The molecule has 0 aliphatic heterocycles. The third-order valence-electron chi connectivity index (χ3n) is 2.48. The van der Waals surface area contributed by atoms with Crippen LogP contribution in [-0.2, 0) is 4.79 Å². The van der Waals surface area contributed by atoms with Crippen molar-refractivity contribution in [1.29, 1.82) is 0 Å². The Kier molecular flexibility index (Phi) is 4.05. The summed E-state index contributed by atoms with van der Waals surface area (Å²) in [5.74, 6) is -1.06. The molecule has 1 rings (SSSR count). The molecular formula is C12H15NO3. The Morgan fingerprint density at radius 1 is 1.62 bits per heavy atom.